The van der Waals surface area contributed by atoms with Crippen molar-refractivity contribution >= 4 is 0 Å². The van der Waals surface area contributed by atoms with E-state index in [1.165, 1.54) is 16.7 Å². The molecule has 70 valence electrons. The molecule has 0 N–H and O–H groups in total. The molecule has 1 heterocycles. The maximum Gasteiger partial charge on any atom is 0.125 e. The van der Waals surface area contributed by atoms with E-state index in [1.807, 2.05) is 0 Å². The third-order valence-corrected chi connectivity index (χ3v) is 3.01. The minimum atomic E-state index is -0.111. The third kappa shape index (κ3) is 1.14. The molecule has 1 heteroatoms. The summed E-state index contributed by atoms with van der Waals surface area (Å²) >= 11 is 0. The summed E-state index contributed by atoms with van der Waals surface area (Å²) in [7, 11) is 0. The topological polar surface area (TPSA) is 9.23 Å². The average Bonchev–Trinajstić information content (AvgIpc) is 2.24. The zero-order valence-electron chi connectivity index (χ0n) is 8.77. The van der Waals surface area contributed by atoms with Gasteiger partial charge in [0.05, 0.1) is 0 Å². The van der Waals surface area contributed by atoms with Crippen LogP contribution in [-0.4, -0.2) is 5.60 Å². The number of ether oxygens (including phenoxy) is 1. The number of hydrogen-bond acceptors (Lipinski definition) is 1. The van der Waals surface area contributed by atoms with E-state index < -0.39 is 0 Å². The average molecular weight is 176 g/mol. The van der Waals surface area contributed by atoms with Crippen LogP contribution in [0.1, 0.15) is 34.1 Å². The van der Waals surface area contributed by atoms with Crippen LogP contribution in [0.2, 0.25) is 0 Å². The van der Waals surface area contributed by atoms with Crippen molar-refractivity contribution in [3.63, 3.8) is 0 Å². The predicted octanol–water partition coefficient (Wildman–Crippen LogP) is 3.35. The van der Waals surface area contributed by atoms with Crippen LogP contribution >= 0.6 is 0 Å². The van der Waals surface area contributed by atoms with Gasteiger partial charge < -0.3 is 4.74 Å². The highest BCUT2D eigenvalue weighted by Crippen LogP contribution is 2.42. The molecular weight excluding hydrogens is 160 g/mol. The van der Waals surface area contributed by atoms with E-state index >= 15 is 0 Å². The van der Waals surface area contributed by atoms with Gasteiger partial charge in [0.1, 0.15) is 11.4 Å². The molecule has 13 heavy (non-hydrogen) atoms. The van der Waals surface area contributed by atoms with Gasteiger partial charge in [0.25, 0.3) is 0 Å². The molecule has 0 atom stereocenters. The zero-order chi connectivity index (χ0) is 9.64. The minimum absolute atomic E-state index is 0.111. The summed E-state index contributed by atoms with van der Waals surface area (Å²) in [5, 5.41) is 0. The van der Waals surface area contributed by atoms with E-state index in [-0.39, 0.29) is 5.60 Å². The molecule has 0 amide bonds. The third-order valence-electron chi connectivity index (χ3n) is 3.01. The van der Waals surface area contributed by atoms with Gasteiger partial charge in [-0.1, -0.05) is 6.08 Å². The van der Waals surface area contributed by atoms with Crippen LogP contribution in [0.5, 0.6) is 0 Å². The fraction of sp³-hybridized carbons (Fsp3) is 0.500. The normalized spacial score (nSPS) is 24.9. The molecule has 2 rings (SSSR count). The summed E-state index contributed by atoms with van der Waals surface area (Å²) < 4.78 is 5.88. The van der Waals surface area contributed by atoms with Gasteiger partial charge in [-0.3, -0.25) is 0 Å². The Morgan fingerprint density at radius 1 is 1.23 bits per heavy atom. The first-order chi connectivity index (χ1) is 6.02. The van der Waals surface area contributed by atoms with Crippen molar-refractivity contribution in [3.05, 3.63) is 34.6 Å². The lowest BCUT2D eigenvalue weighted by atomic mass is 9.91. The van der Waals surface area contributed by atoms with Crippen LogP contribution in [-0.2, 0) is 4.74 Å². The maximum atomic E-state index is 5.88. The highest BCUT2D eigenvalue weighted by molar-refractivity contribution is 5.54. The second-order valence-corrected chi connectivity index (χ2v) is 4.30. The Labute approximate surface area is 79.8 Å². The minimum Gasteiger partial charge on any atom is -0.483 e. The largest absolute Gasteiger partial charge is 0.483 e. The van der Waals surface area contributed by atoms with Crippen molar-refractivity contribution in [2.45, 2.75) is 39.7 Å². The van der Waals surface area contributed by atoms with Crippen LogP contribution in [0.15, 0.2) is 34.6 Å². The highest BCUT2D eigenvalue weighted by atomic mass is 16.5. The number of fused-ring (bicyclic) bond motifs is 1. The summed E-state index contributed by atoms with van der Waals surface area (Å²) in [5.41, 5.74) is 3.93. The second kappa shape index (κ2) is 2.50. The first kappa shape index (κ1) is 8.61. The summed E-state index contributed by atoms with van der Waals surface area (Å²) in [6.45, 7) is 8.58. The molecule has 0 aromatic rings. The van der Waals surface area contributed by atoms with Crippen molar-refractivity contribution in [1.29, 1.82) is 0 Å². The lowest BCUT2D eigenvalue weighted by Gasteiger charge is -2.20. The van der Waals surface area contributed by atoms with Gasteiger partial charge in [-0.2, -0.15) is 0 Å². The second-order valence-electron chi connectivity index (χ2n) is 4.30. The van der Waals surface area contributed by atoms with Crippen molar-refractivity contribution < 1.29 is 4.74 Å². The van der Waals surface area contributed by atoms with Crippen LogP contribution in [0, 0.1) is 0 Å². The fourth-order valence-corrected chi connectivity index (χ4v) is 1.97. The Kier molecular flexibility index (Phi) is 1.66. The van der Waals surface area contributed by atoms with Crippen molar-refractivity contribution in [2.24, 2.45) is 0 Å². The van der Waals surface area contributed by atoms with Gasteiger partial charge in [-0.05, 0) is 51.3 Å². The Hall–Kier alpha value is -0.980. The van der Waals surface area contributed by atoms with Crippen LogP contribution in [0.4, 0.5) is 0 Å². The molecular formula is C12H16O. The fourth-order valence-electron chi connectivity index (χ4n) is 1.97. The predicted molar refractivity (Wildman–Crippen MR) is 54.3 cm³/mol. The summed E-state index contributed by atoms with van der Waals surface area (Å²) in [5.74, 6) is 1.09. The standard InChI is InChI=1S/C12H16O/c1-8-6-5-7-10-11(8)9(2)12(3,4)13-10/h6-7H,5H2,1-4H3. The smallest absolute Gasteiger partial charge is 0.125 e. The van der Waals surface area contributed by atoms with Gasteiger partial charge in [0.2, 0.25) is 0 Å². The van der Waals surface area contributed by atoms with Crippen molar-refractivity contribution in [2.75, 3.05) is 0 Å². The zero-order valence-corrected chi connectivity index (χ0v) is 8.77. The molecule has 0 aromatic carbocycles. The SMILES string of the molecule is CC1=CCC=C2OC(C)(C)C(C)=C12. The molecule has 1 aliphatic carbocycles. The van der Waals surface area contributed by atoms with E-state index in [2.05, 4.69) is 39.8 Å². The van der Waals surface area contributed by atoms with Crippen molar-refractivity contribution in [3.8, 4) is 0 Å². The van der Waals surface area contributed by atoms with Crippen LogP contribution < -0.4 is 0 Å². The maximum absolute atomic E-state index is 5.88. The van der Waals surface area contributed by atoms with E-state index in [0.29, 0.717) is 0 Å². The first-order valence-electron chi connectivity index (χ1n) is 4.80. The number of rotatable bonds is 0. The first-order valence-corrected chi connectivity index (χ1v) is 4.80. The van der Waals surface area contributed by atoms with Gasteiger partial charge in [0.15, 0.2) is 0 Å². The Morgan fingerprint density at radius 3 is 2.54 bits per heavy atom. The van der Waals surface area contributed by atoms with Gasteiger partial charge in [-0.25, -0.2) is 0 Å². The van der Waals surface area contributed by atoms with Crippen LogP contribution in [0.3, 0.4) is 0 Å². The molecule has 0 saturated carbocycles. The molecule has 1 nitrogen and oxygen atoms in total. The number of allylic oxidation sites excluding steroid dienone is 3. The highest BCUT2D eigenvalue weighted by Gasteiger charge is 2.35. The number of hydrogen-bond donors (Lipinski definition) is 0. The lowest BCUT2D eigenvalue weighted by Crippen LogP contribution is -2.19. The van der Waals surface area contributed by atoms with Gasteiger partial charge in [-0.15, -0.1) is 0 Å². The summed E-state index contributed by atoms with van der Waals surface area (Å²) in [6, 6.07) is 0. The monoisotopic (exact) mass is 176 g/mol. The molecule has 0 spiro atoms. The molecule has 0 fully saturated rings. The molecule has 0 unspecified atom stereocenters. The summed E-state index contributed by atoms with van der Waals surface area (Å²) in [4.78, 5) is 0. The van der Waals surface area contributed by atoms with E-state index in [1.54, 1.807) is 0 Å². The van der Waals surface area contributed by atoms with E-state index in [4.69, 9.17) is 4.74 Å². The molecule has 2 aliphatic rings. The molecule has 0 bridgehead atoms. The molecule has 0 radical (unpaired) electrons. The van der Waals surface area contributed by atoms with Gasteiger partial charge in [0, 0.05) is 5.57 Å². The van der Waals surface area contributed by atoms with Gasteiger partial charge >= 0.3 is 0 Å². The molecule has 0 saturated heterocycles. The molecule has 0 aromatic heterocycles. The quantitative estimate of drug-likeness (QED) is 0.550. The van der Waals surface area contributed by atoms with Crippen molar-refractivity contribution in [1.82, 2.24) is 0 Å². The molecule has 1 aliphatic heterocycles. The summed E-state index contributed by atoms with van der Waals surface area (Å²) in [6.07, 6.45) is 5.43. The Bertz CT molecular complexity index is 340. The Morgan fingerprint density at radius 2 is 1.92 bits per heavy atom. The van der Waals surface area contributed by atoms with E-state index in [0.717, 1.165) is 12.2 Å². The Balaban J connectivity index is 2.55. The van der Waals surface area contributed by atoms with Crippen LogP contribution in [0.25, 0.3) is 0 Å². The lowest BCUT2D eigenvalue weighted by molar-refractivity contribution is 0.0928. The van der Waals surface area contributed by atoms with E-state index in [9.17, 15) is 0 Å².